The summed E-state index contributed by atoms with van der Waals surface area (Å²) in [5.41, 5.74) is 3.21. The molecule has 3 rings (SSSR count). The Labute approximate surface area is 130 Å². The van der Waals surface area contributed by atoms with E-state index in [-0.39, 0.29) is 12.5 Å². The van der Waals surface area contributed by atoms with Gasteiger partial charge in [-0.2, -0.15) is 0 Å². The number of carbonyl (C=O) groups excluding carboxylic acids is 1. The average molecular weight is 296 g/mol. The van der Waals surface area contributed by atoms with Gasteiger partial charge in [0, 0.05) is 20.1 Å². The number of hydrogen-bond donors (Lipinski definition) is 0. The maximum Gasteiger partial charge on any atom is 0.265 e. The number of carbonyl (C=O) groups is 1. The second kappa shape index (κ2) is 6.10. The second-order valence-electron chi connectivity index (χ2n) is 5.56. The predicted octanol–water partition coefficient (Wildman–Crippen LogP) is 2.86. The standard InChI is InChI=1S/C18H20N2O2/c1-14-7-9-15(10-8-14)22-13-18(21)20-12-11-19(2)16-5-3-4-6-17(16)20/h3-10H,11-13H2,1-2H3. The van der Waals surface area contributed by atoms with Crippen molar-refractivity contribution in [3.8, 4) is 5.75 Å². The van der Waals surface area contributed by atoms with Gasteiger partial charge >= 0.3 is 0 Å². The first-order valence-corrected chi connectivity index (χ1v) is 7.45. The van der Waals surface area contributed by atoms with Crippen LogP contribution in [0.15, 0.2) is 48.5 Å². The number of ether oxygens (including phenoxy) is 1. The monoisotopic (exact) mass is 296 g/mol. The minimum atomic E-state index is -0.0128. The molecular weight excluding hydrogens is 276 g/mol. The molecule has 1 heterocycles. The molecule has 0 fully saturated rings. The number of aryl methyl sites for hydroxylation is 1. The Morgan fingerprint density at radius 3 is 2.45 bits per heavy atom. The normalized spacial score (nSPS) is 13.7. The maximum atomic E-state index is 12.5. The second-order valence-corrected chi connectivity index (χ2v) is 5.56. The summed E-state index contributed by atoms with van der Waals surface area (Å²) in [5, 5.41) is 0. The lowest BCUT2D eigenvalue weighted by molar-refractivity contribution is -0.120. The molecule has 4 heteroatoms. The molecule has 22 heavy (non-hydrogen) atoms. The van der Waals surface area contributed by atoms with Gasteiger partial charge in [0.1, 0.15) is 5.75 Å². The van der Waals surface area contributed by atoms with Crippen molar-refractivity contribution in [3.63, 3.8) is 0 Å². The van der Waals surface area contributed by atoms with Gasteiger partial charge in [-0.1, -0.05) is 29.8 Å². The summed E-state index contributed by atoms with van der Waals surface area (Å²) >= 11 is 0. The lowest BCUT2D eigenvalue weighted by atomic mass is 10.1. The molecule has 1 aliphatic rings. The topological polar surface area (TPSA) is 32.8 Å². The minimum absolute atomic E-state index is 0.0128. The highest BCUT2D eigenvalue weighted by atomic mass is 16.5. The van der Waals surface area contributed by atoms with Gasteiger partial charge in [0.15, 0.2) is 6.61 Å². The SMILES string of the molecule is Cc1ccc(OCC(=O)N2CCN(C)c3ccccc32)cc1. The highest BCUT2D eigenvalue weighted by Crippen LogP contribution is 2.31. The first kappa shape index (κ1) is 14.4. The van der Waals surface area contributed by atoms with Gasteiger partial charge in [-0.3, -0.25) is 4.79 Å². The third-order valence-electron chi connectivity index (χ3n) is 3.93. The molecule has 4 nitrogen and oxygen atoms in total. The molecule has 0 aromatic heterocycles. The van der Waals surface area contributed by atoms with Gasteiger partial charge in [0.05, 0.1) is 11.4 Å². The van der Waals surface area contributed by atoms with E-state index in [2.05, 4.69) is 4.90 Å². The van der Waals surface area contributed by atoms with Crippen LogP contribution < -0.4 is 14.5 Å². The number of benzene rings is 2. The van der Waals surface area contributed by atoms with Gasteiger partial charge in [-0.05, 0) is 31.2 Å². The summed E-state index contributed by atoms with van der Waals surface area (Å²) in [5.74, 6) is 0.711. The zero-order valence-corrected chi connectivity index (χ0v) is 13.0. The summed E-state index contributed by atoms with van der Waals surface area (Å²) in [4.78, 5) is 16.5. The Bertz CT molecular complexity index is 667. The van der Waals surface area contributed by atoms with E-state index in [0.29, 0.717) is 6.54 Å². The van der Waals surface area contributed by atoms with Gasteiger partial charge in [0.2, 0.25) is 0 Å². The van der Waals surface area contributed by atoms with Crippen LogP contribution >= 0.6 is 0 Å². The number of rotatable bonds is 3. The molecule has 114 valence electrons. The number of likely N-dealkylation sites (N-methyl/N-ethyl adjacent to an activating group) is 1. The van der Waals surface area contributed by atoms with Crippen molar-refractivity contribution < 1.29 is 9.53 Å². The molecule has 0 radical (unpaired) electrons. The Balaban J connectivity index is 1.70. The molecule has 0 aliphatic carbocycles. The van der Waals surface area contributed by atoms with Gasteiger partial charge < -0.3 is 14.5 Å². The average Bonchev–Trinajstić information content (AvgIpc) is 2.55. The lowest BCUT2D eigenvalue weighted by Crippen LogP contribution is -2.44. The van der Waals surface area contributed by atoms with Crippen LogP contribution in [0.25, 0.3) is 0 Å². The zero-order valence-electron chi connectivity index (χ0n) is 13.0. The molecule has 0 bridgehead atoms. The zero-order chi connectivity index (χ0) is 15.5. The van der Waals surface area contributed by atoms with E-state index >= 15 is 0 Å². The lowest BCUT2D eigenvalue weighted by Gasteiger charge is -2.35. The van der Waals surface area contributed by atoms with Crippen LogP contribution in [0.5, 0.6) is 5.75 Å². The van der Waals surface area contributed by atoms with E-state index in [0.717, 1.165) is 23.7 Å². The Morgan fingerprint density at radius 2 is 1.73 bits per heavy atom. The summed E-state index contributed by atoms with van der Waals surface area (Å²) < 4.78 is 5.61. The molecule has 1 amide bonds. The van der Waals surface area contributed by atoms with Crippen molar-refractivity contribution in [2.24, 2.45) is 0 Å². The van der Waals surface area contributed by atoms with Crippen LogP contribution in [0.2, 0.25) is 0 Å². The van der Waals surface area contributed by atoms with Crippen LogP contribution in [0, 0.1) is 6.92 Å². The molecular formula is C18H20N2O2. The predicted molar refractivity (Wildman–Crippen MR) is 88.7 cm³/mol. The summed E-state index contributed by atoms with van der Waals surface area (Å²) in [6, 6.07) is 15.7. The van der Waals surface area contributed by atoms with Crippen molar-refractivity contribution in [1.29, 1.82) is 0 Å². The van der Waals surface area contributed by atoms with Crippen molar-refractivity contribution in [1.82, 2.24) is 0 Å². The molecule has 0 saturated carbocycles. The fourth-order valence-electron chi connectivity index (χ4n) is 2.62. The van der Waals surface area contributed by atoms with E-state index in [1.165, 1.54) is 5.56 Å². The van der Waals surface area contributed by atoms with Crippen LogP contribution in [0.1, 0.15) is 5.56 Å². The summed E-state index contributed by atoms with van der Waals surface area (Å²) in [7, 11) is 2.05. The first-order chi connectivity index (χ1) is 10.6. The molecule has 1 aliphatic heterocycles. The van der Waals surface area contributed by atoms with E-state index in [1.54, 1.807) is 0 Å². The molecule has 0 atom stereocenters. The highest BCUT2D eigenvalue weighted by molar-refractivity contribution is 5.98. The molecule has 0 spiro atoms. The highest BCUT2D eigenvalue weighted by Gasteiger charge is 2.24. The number of fused-ring (bicyclic) bond motifs is 1. The van der Waals surface area contributed by atoms with Crippen molar-refractivity contribution in [2.75, 3.05) is 36.5 Å². The van der Waals surface area contributed by atoms with E-state index in [1.807, 2.05) is 67.4 Å². The largest absolute Gasteiger partial charge is 0.484 e. The molecule has 2 aromatic rings. The van der Waals surface area contributed by atoms with Gasteiger partial charge in [-0.25, -0.2) is 0 Å². The van der Waals surface area contributed by atoms with E-state index in [4.69, 9.17) is 4.74 Å². The third-order valence-corrected chi connectivity index (χ3v) is 3.93. The Hall–Kier alpha value is -2.49. The Morgan fingerprint density at radius 1 is 1.05 bits per heavy atom. The van der Waals surface area contributed by atoms with Gasteiger partial charge in [-0.15, -0.1) is 0 Å². The molecule has 2 aromatic carbocycles. The smallest absolute Gasteiger partial charge is 0.265 e. The first-order valence-electron chi connectivity index (χ1n) is 7.45. The van der Waals surface area contributed by atoms with Gasteiger partial charge in [0.25, 0.3) is 5.91 Å². The van der Waals surface area contributed by atoms with Crippen LogP contribution in [0.4, 0.5) is 11.4 Å². The van der Waals surface area contributed by atoms with Crippen LogP contribution in [0.3, 0.4) is 0 Å². The molecule has 0 saturated heterocycles. The number of hydrogen-bond acceptors (Lipinski definition) is 3. The molecule has 0 unspecified atom stereocenters. The van der Waals surface area contributed by atoms with Crippen LogP contribution in [-0.4, -0.2) is 32.7 Å². The fraction of sp³-hybridized carbons (Fsp3) is 0.278. The van der Waals surface area contributed by atoms with Crippen molar-refractivity contribution >= 4 is 17.3 Å². The minimum Gasteiger partial charge on any atom is -0.484 e. The number of para-hydroxylation sites is 2. The van der Waals surface area contributed by atoms with Crippen LogP contribution in [-0.2, 0) is 4.79 Å². The summed E-state index contributed by atoms with van der Waals surface area (Å²) in [6.45, 7) is 3.59. The van der Waals surface area contributed by atoms with Crippen molar-refractivity contribution in [2.45, 2.75) is 6.92 Å². The van der Waals surface area contributed by atoms with E-state index < -0.39 is 0 Å². The Kier molecular flexibility index (Phi) is 4.00. The number of anilines is 2. The summed E-state index contributed by atoms with van der Waals surface area (Å²) in [6.07, 6.45) is 0. The van der Waals surface area contributed by atoms with E-state index in [9.17, 15) is 4.79 Å². The third kappa shape index (κ3) is 2.91. The molecule has 0 N–H and O–H groups in total. The quantitative estimate of drug-likeness (QED) is 0.873. The fourth-order valence-corrected chi connectivity index (χ4v) is 2.62. The number of nitrogens with zero attached hydrogens (tertiary/aromatic N) is 2. The van der Waals surface area contributed by atoms with Crippen molar-refractivity contribution in [3.05, 3.63) is 54.1 Å². The number of amides is 1. The maximum absolute atomic E-state index is 12.5.